The zero-order valence-corrected chi connectivity index (χ0v) is 9.43. The van der Waals surface area contributed by atoms with Crippen LogP contribution in [0.1, 0.15) is 5.56 Å². The molecule has 2 aliphatic rings. The first kappa shape index (κ1) is 10.3. The summed E-state index contributed by atoms with van der Waals surface area (Å²) in [5.41, 5.74) is 7.82. The lowest BCUT2D eigenvalue weighted by molar-refractivity contribution is -0.112. The first-order valence-electron chi connectivity index (χ1n) is 5.88. The Labute approximate surface area is 96.2 Å². The molecule has 0 radical (unpaired) electrons. The van der Waals surface area contributed by atoms with Crippen LogP contribution < -0.4 is 5.73 Å². The molecular formula is C13H18N2O. The molecule has 2 N–H and O–H groups in total. The number of ether oxygens (including phenoxy) is 1. The lowest BCUT2D eigenvalue weighted by Crippen LogP contribution is -2.54. The molecule has 0 aromatic heterocycles. The van der Waals surface area contributed by atoms with Crippen LogP contribution in [0.5, 0.6) is 0 Å². The minimum Gasteiger partial charge on any atom is -0.380 e. The van der Waals surface area contributed by atoms with Gasteiger partial charge in [-0.3, -0.25) is 4.90 Å². The number of rotatable bonds is 2. The molecule has 2 aliphatic heterocycles. The van der Waals surface area contributed by atoms with Crippen molar-refractivity contribution < 1.29 is 4.74 Å². The molecule has 0 saturated carbocycles. The second-order valence-electron chi connectivity index (χ2n) is 5.12. The van der Waals surface area contributed by atoms with Crippen LogP contribution in [0.15, 0.2) is 30.3 Å². The predicted molar refractivity (Wildman–Crippen MR) is 62.9 cm³/mol. The molecule has 1 aromatic carbocycles. The smallest absolute Gasteiger partial charge is 0.0572 e. The fourth-order valence-corrected chi connectivity index (χ4v) is 2.73. The van der Waals surface area contributed by atoms with Gasteiger partial charge in [0, 0.05) is 31.1 Å². The van der Waals surface area contributed by atoms with Crippen LogP contribution in [-0.4, -0.2) is 37.2 Å². The summed E-state index contributed by atoms with van der Waals surface area (Å²) < 4.78 is 5.32. The van der Waals surface area contributed by atoms with Crippen molar-refractivity contribution in [1.29, 1.82) is 0 Å². The second kappa shape index (κ2) is 3.84. The summed E-state index contributed by atoms with van der Waals surface area (Å²) in [4.78, 5) is 2.45. The molecular weight excluding hydrogens is 200 g/mol. The highest BCUT2D eigenvalue weighted by Gasteiger charge is 2.50. The number of hydrogen-bond acceptors (Lipinski definition) is 3. The molecule has 0 unspecified atom stereocenters. The number of hydrogen-bond donors (Lipinski definition) is 1. The minimum absolute atomic E-state index is 0.259. The van der Waals surface area contributed by atoms with Gasteiger partial charge in [0.05, 0.1) is 13.2 Å². The van der Waals surface area contributed by atoms with Gasteiger partial charge in [-0.25, -0.2) is 0 Å². The highest BCUT2D eigenvalue weighted by Crippen LogP contribution is 2.37. The van der Waals surface area contributed by atoms with Crippen LogP contribution in [0.2, 0.25) is 0 Å². The topological polar surface area (TPSA) is 38.5 Å². The third-order valence-corrected chi connectivity index (χ3v) is 3.81. The van der Waals surface area contributed by atoms with E-state index in [1.807, 2.05) is 0 Å². The summed E-state index contributed by atoms with van der Waals surface area (Å²) in [5, 5.41) is 0. The third-order valence-electron chi connectivity index (χ3n) is 3.81. The van der Waals surface area contributed by atoms with Crippen LogP contribution in [-0.2, 0) is 11.3 Å². The van der Waals surface area contributed by atoms with Crippen LogP contribution in [0, 0.1) is 5.41 Å². The van der Waals surface area contributed by atoms with E-state index in [0.717, 1.165) is 32.8 Å². The van der Waals surface area contributed by atoms with Gasteiger partial charge in [-0.15, -0.1) is 0 Å². The Hall–Kier alpha value is -0.900. The van der Waals surface area contributed by atoms with Crippen molar-refractivity contribution in [3.05, 3.63) is 35.9 Å². The molecule has 0 aliphatic carbocycles. The highest BCUT2D eigenvalue weighted by molar-refractivity contribution is 5.15. The average Bonchev–Trinajstić information content (AvgIpc) is 2.56. The first-order chi connectivity index (χ1) is 7.78. The number of nitrogens with two attached hydrogens (primary N) is 1. The monoisotopic (exact) mass is 218 g/mol. The van der Waals surface area contributed by atoms with E-state index in [4.69, 9.17) is 10.5 Å². The normalized spacial score (nSPS) is 28.2. The molecule has 0 amide bonds. The summed E-state index contributed by atoms with van der Waals surface area (Å²) in [5.74, 6) is 0. The van der Waals surface area contributed by atoms with Crippen LogP contribution in [0.3, 0.4) is 0 Å². The average molecular weight is 218 g/mol. The van der Waals surface area contributed by atoms with E-state index < -0.39 is 0 Å². The molecule has 1 spiro atoms. The van der Waals surface area contributed by atoms with Crippen molar-refractivity contribution in [2.24, 2.45) is 11.1 Å². The second-order valence-corrected chi connectivity index (χ2v) is 5.12. The Morgan fingerprint density at radius 2 is 2.06 bits per heavy atom. The Bertz CT molecular complexity index is 361. The van der Waals surface area contributed by atoms with Crippen LogP contribution >= 0.6 is 0 Å². The van der Waals surface area contributed by atoms with Crippen LogP contribution in [0.25, 0.3) is 0 Å². The van der Waals surface area contributed by atoms with Gasteiger partial charge in [0.15, 0.2) is 0 Å². The van der Waals surface area contributed by atoms with Gasteiger partial charge in [0.2, 0.25) is 0 Å². The molecule has 86 valence electrons. The molecule has 0 bridgehead atoms. The van der Waals surface area contributed by atoms with Gasteiger partial charge >= 0.3 is 0 Å². The molecule has 1 aromatic rings. The van der Waals surface area contributed by atoms with Crippen molar-refractivity contribution in [3.8, 4) is 0 Å². The van der Waals surface area contributed by atoms with E-state index in [9.17, 15) is 0 Å². The fourth-order valence-electron chi connectivity index (χ4n) is 2.73. The lowest BCUT2D eigenvalue weighted by Gasteiger charge is -2.40. The molecule has 1 atom stereocenters. The fraction of sp³-hybridized carbons (Fsp3) is 0.538. The molecule has 2 heterocycles. The van der Waals surface area contributed by atoms with Crippen molar-refractivity contribution >= 4 is 0 Å². The third kappa shape index (κ3) is 1.65. The van der Waals surface area contributed by atoms with Crippen molar-refractivity contribution in [2.75, 3.05) is 26.3 Å². The summed E-state index contributed by atoms with van der Waals surface area (Å²) >= 11 is 0. The van der Waals surface area contributed by atoms with E-state index in [-0.39, 0.29) is 11.5 Å². The zero-order valence-electron chi connectivity index (χ0n) is 9.43. The highest BCUT2D eigenvalue weighted by atomic mass is 16.5. The summed E-state index contributed by atoms with van der Waals surface area (Å²) in [7, 11) is 0. The molecule has 3 heteroatoms. The maximum Gasteiger partial charge on any atom is 0.0572 e. The number of likely N-dealkylation sites (tertiary alicyclic amines) is 1. The van der Waals surface area contributed by atoms with Crippen molar-refractivity contribution in [1.82, 2.24) is 4.90 Å². The summed E-state index contributed by atoms with van der Waals surface area (Å²) in [6.07, 6.45) is 0. The number of benzene rings is 1. The van der Waals surface area contributed by atoms with Gasteiger partial charge in [-0.05, 0) is 5.56 Å². The first-order valence-corrected chi connectivity index (χ1v) is 5.88. The standard InChI is InChI=1S/C13H18N2O/c14-12-7-15(8-13(12)9-16-10-13)6-11-4-2-1-3-5-11/h1-5,12H,6-10,14H2/t12-/m0/s1. The largest absolute Gasteiger partial charge is 0.380 e. The van der Waals surface area contributed by atoms with Gasteiger partial charge in [0.25, 0.3) is 0 Å². The van der Waals surface area contributed by atoms with Crippen LogP contribution in [0.4, 0.5) is 0 Å². The zero-order chi connectivity index (χ0) is 11.0. The Morgan fingerprint density at radius 3 is 2.62 bits per heavy atom. The summed E-state index contributed by atoms with van der Waals surface area (Å²) in [6, 6.07) is 10.9. The van der Waals surface area contributed by atoms with E-state index >= 15 is 0 Å². The van der Waals surface area contributed by atoms with E-state index in [1.165, 1.54) is 5.56 Å². The Morgan fingerprint density at radius 1 is 1.31 bits per heavy atom. The minimum atomic E-state index is 0.259. The quantitative estimate of drug-likeness (QED) is 0.799. The number of nitrogens with zero attached hydrogens (tertiary/aromatic N) is 1. The Balaban J connectivity index is 1.66. The van der Waals surface area contributed by atoms with Gasteiger partial charge in [0.1, 0.15) is 0 Å². The van der Waals surface area contributed by atoms with E-state index in [0.29, 0.717) is 0 Å². The maximum absolute atomic E-state index is 6.20. The Kier molecular flexibility index (Phi) is 2.46. The van der Waals surface area contributed by atoms with Crippen molar-refractivity contribution in [2.45, 2.75) is 12.6 Å². The van der Waals surface area contributed by atoms with Gasteiger partial charge in [-0.1, -0.05) is 30.3 Å². The van der Waals surface area contributed by atoms with Crippen molar-refractivity contribution in [3.63, 3.8) is 0 Å². The molecule has 3 rings (SSSR count). The van der Waals surface area contributed by atoms with E-state index in [1.54, 1.807) is 0 Å². The molecule has 2 saturated heterocycles. The maximum atomic E-state index is 6.20. The molecule has 3 nitrogen and oxygen atoms in total. The molecule has 2 fully saturated rings. The van der Waals surface area contributed by atoms with E-state index in [2.05, 4.69) is 35.2 Å². The molecule has 16 heavy (non-hydrogen) atoms. The van der Waals surface area contributed by atoms with Gasteiger partial charge < -0.3 is 10.5 Å². The van der Waals surface area contributed by atoms with Gasteiger partial charge in [-0.2, -0.15) is 0 Å². The predicted octanol–water partition coefficient (Wildman–Crippen LogP) is 0.846. The summed E-state index contributed by atoms with van der Waals surface area (Å²) in [6.45, 7) is 4.79. The SMILES string of the molecule is N[C@H]1CN(Cc2ccccc2)CC12COC2. The lowest BCUT2D eigenvalue weighted by atomic mass is 9.82.